The van der Waals surface area contributed by atoms with Crippen LogP contribution < -0.4 is 0 Å². The van der Waals surface area contributed by atoms with E-state index in [1.165, 1.54) is 0 Å². The Hall–Kier alpha value is -2.15. The van der Waals surface area contributed by atoms with E-state index in [0.29, 0.717) is 6.54 Å². The first-order valence-electron chi connectivity index (χ1n) is 10.0. The SMILES string of the molecule is CCC[C@H]1C(=O)N(Cc2cc3cnccc3[nH]2)CCN1CC=Cc1ccc(Cl)s1. The van der Waals surface area contributed by atoms with Crippen LogP contribution in [0.25, 0.3) is 17.0 Å². The molecule has 1 amide bonds. The molecule has 3 aromatic heterocycles. The first kappa shape index (κ1) is 20.1. The Bertz CT molecular complexity index is 978. The number of fused-ring (bicyclic) bond motifs is 1. The van der Waals surface area contributed by atoms with Crippen LogP contribution in [0.2, 0.25) is 4.34 Å². The number of amides is 1. The molecule has 0 bridgehead atoms. The zero-order valence-electron chi connectivity index (χ0n) is 16.5. The molecule has 5 nitrogen and oxygen atoms in total. The van der Waals surface area contributed by atoms with Crippen LogP contribution in [-0.4, -0.2) is 51.4 Å². The summed E-state index contributed by atoms with van der Waals surface area (Å²) in [4.78, 5) is 26.2. The molecule has 1 fully saturated rings. The standard InChI is InChI=1S/C22H25ClN4OS/c1-2-4-20-22(28)27(15-17-13-16-14-24-9-8-19(16)25-17)12-11-26(20)10-3-5-18-6-7-21(23)29-18/h3,5-9,13-14,20,25H,2,4,10-12,15H2,1H3/t20-/m0/s1. The fourth-order valence-electron chi connectivity index (χ4n) is 3.88. The van der Waals surface area contributed by atoms with Gasteiger partial charge in [0.25, 0.3) is 0 Å². The lowest BCUT2D eigenvalue weighted by Crippen LogP contribution is -2.56. The van der Waals surface area contributed by atoms with Crippen molar-refractivity contribution >= 4 is 45.8 Å². The number of thiophene rings is 1. The maximum absolute atomic E-state index is 13.2. The normalized spacial score (nSPS) is 18.3. The average Bonchev–Trinajstić information content (AvgIpc) is 3.31. The van der Waals surface area contributed by atoms with Crippen LogP contribution in [0, 0.1) is 0 Å². The number of hydrogen-bond donors (Lipinski definition) is 1. The zero-order valence-corrected chi connectivity index (χ0v) is 18.0. The highest BCUT2D eigenvalue weighted by Gasteiger charge is 2.33. The van der Waals surface area contributed by atoms with E-state index < -0.39 is 0 Å². The summed E-state index contributed by atoms with van der Waals surface area (Å²) < 4.78 is 0.796. The summed E-state index contributed by atoms with van der Waals surface area (Å²) in [5, 5.41) is 1.08. The minimum Gasteiger partial charge on any atom is -0.357 e. The summed E-state index contributed by atoms with van der Waals surface area (Å²) in [7, 11) is 0. The molecule has 0 saturated carbocycles. The molecule has 1 aliphatic heterocycles. The molecule has 7 heteroatoms. The fourth-order valence-corrected chi connectivity index (χ4v) is 4.87. The number of rotatable bonds is 7. The Morgan fingerprint density at radius 1 is 1.34 bits per heavy atom. The van der Waals surface area contributed by atoms with Gasteiger partial charge in [0.2, 0.25) is 5.91 Å². The Kier molecular flexibility index (Phi) is 6.33. The molecule has 152 valence electrons. The number of halogens is 1. The quantitative estimate of drug-likeness (QED) is 0.587. The van der Waals surface area contributed by atoms with Crippen molar-refractivity contribution in [2.45, 2.75) is 32.4 Å². The second kappa shape index (κ2) is 9.11. The number of aromatic nitrogens is 2. The van der Waals surface area contributed by atoms with Gasteiger partial charge in [-0.3, -0.25) is 14.7 Å². The van der Waals surface area contributed by atoms with Crippen LogP contribution in [0.4, 0.5) is 0 Å². The lowest BCUT2D eigenvalue weighted by atomic mass is 10.1. The molecule has 0 spiro atoms. The summed E-state index contributed by atoms with van der Waals surface area (Å²) in [5.41, 5.74) is 2.12. The monoisotopic (exact) mass is 428 g/mol. The van der Waals surface area contributed by atoms with Gasteiger partial charge in [-0.1, -0.05) is 31.0 Å². The first-order chi connectivity index (χ1) is 14.1. The molecule has 1 atom stereocenters. The van der Waals surface area contributed by atoms with Gasteiger partial charge in [0.15, 0.2) is 0 Å². The molecule has 4 heterocycles. The van der Waals surface area contributed by atoms with Gasteiger partial charge in [0, 0.05) is 53.5 Å². The third-order valence-electron chi connectivity index (χ3n) is 5.31. The number of nitrogens with zero attached hydrogens (tertiary/aromatic N) is 3. The molecule has 0 unspecified atom stereocenters. The van der Waals surface area contributed by atoms with Gasteiger partial charge in [-0.25, -0.2) is 0 Å². The van der Waals surface area contributed by atoms with Crippen LogP contribution in [0.15, 0.2) is 42.7 Å². The van der Waals surface area contributed by atoms with Crippen LogP contribution in [-0.2, 0) is 11.3 Å². The molecule has 0 aromatic carbocycles. The number of pyridine rings is 1. The van der Waals surface area contributed by atoms with Crippen LogP contribution in [0.1, 0.15) is 30.3 Å². The van der Waals surface area contributed by atoms with Gasteiger partial charge in [0.1, 0.15) is 0 Å². The van der Waals surface area contributed by atoms with Crippen molar-refractivity contribution in [3.05, 3.63) is 57.6 Å². The lowest BCUT2D eigenvalue weighted by Gasteiger charge is -2.40. The van der Waals surface area contributed by atoms with Crippen molar-refractivity contribution in [1.82, 2.24) is 19.8 Å². The van der Waals surface area contributed by atoms with Crippen LogP contribution in [0.3, 0.4) is 0 Å². The Morgan fingerprint density at radius 2 is 2.24 bits per heavy atom. The van der Waals surface area contributed by atoms with E-state index in [1.807, 2.05) is 29.3 Å². The van der Waals surface area contributed by atoms with Crippen molar-refractivity contribution in [2.75, 3.05) is 19.6 Å². The molecule has 1 saturated heterocycles. The molecular weight excluding hydrogens is 404 g/mol. The van der Waals surface area contributed by atoms with Crippen LogP contribution in [0.5, 0.6) is 0 Å². The summed E-state index contributed by atoms with van der Waals surface area (Å²) in [6.45, 7) is 5.15. The highest BCUT2D eigenvalue weighted by molar-refractivity contribution is 7.16. The number of hydrogen-bond acceptors (Lipinski definition) is 4. The van der Waals surface area contributed by atoms with Crippen molar-refractivity contribution in [3.8, 4) is 0 Å². The Balaban J connectivity index is 1.42. The third kappa shape index (κ3) is 4.71. The fraction of sp³-hybridized carbons (Fsp3) is 0.364. The number of carbonyl (C=O) groups is 1. The predicted octanol–water partition coefficient (Wildman–Crippen LogP) is 4.80. The summed E-state index contributed by atoms with van der Waals surface area (Å²) in [6, 6.07) is 7.92. The maximum atomic E-state index is 13.2. The summed E-state index contributed by atoms with van der Waals surface area (Å²) in [5.74, 6) is 0.224. The Morgan fingerprint density at radius 3 is 3.00 bits per heavy atom. The highest BCUT2D eigenvalue weighted by atomic mass is 35.5. The second-order valence-electron chi connectivity index (χ2n) is 7.36. The van der Waals surface area contributed by atoms with E-state index in [2.05, 4.69) is 40.0 Å². The van der Waals surface area contributed by atoms with Crippen LogP contribution >= 0.6 is 22.9 Å². The molecule has 4 rings (SSSR count). The molecule has 3 aromatic rings. The van der Waals surface area contributed by atoms with Gasteiger partial charge in [-0.15, -0.1) is 11.3 Å². The summed E-state index contributed by atoms with van der Waals surface area (Å²) in [6.07, 6.45) is 9.73. The molecule has 29 heavy (non-hydrogen) atoms. The number of nitrogens with one attached hydrogen (secondary N) is 1. The van der Waals surface area contributed by atoms with E-state index in [4.69, 9.17) is 11.6 Å². The molecule has 1 N–H and O–H groups in total. The largest absolute Gasteiger partial charge is 0.357 e. The minimum absolute atomic E-state index is 0.0589. The van der Waals surface area contributed by atoms with Gasteiger partial charge < -0.3 is 9.88 Å². The average molecular weight is 429 g/mol. The third-order valence-corrected chi connectivity index (χ3v) is 6.51. The molecular formula is C22H25ClN4OS. The van der Waals surface area contributed by atoms with Gasteiger partial charge in [0.05, 0.1) is 16.9 Å². The lowest BCUT2D eigenvalue weighted by molar-refractivity contribution is -0.142. The first-order valence-corrected chi connectivity index (χ1v) is 11.2. The number of aromatic amines is 1. The second-order valence-corrected chi connectivity index (χ2v) is 9.11. The number of carbonyl (C=O) groups excluding carboxylic acids is 1. The van der Waals surface area contributed by atoms with Crippen molar-refractivity contribution in [2.24, 2.45) is 0 Å². The number of piperazine rings is 1. The van der Waals surface area contributed by atoms with E-state index in [-0.39, 0.29) is 11.9 Å². The highest BCUT2D eigenvalue weighted by Crippen LogP contribution is 2.23. The predicted molar refractivity (Wildman–Crippen MR) is 120 cm³/mol. The topological polar surface area (TPSA) is 52.2 Å². The van der Waals surface area contributed by atoms with E-state index in [1.54, 1.807) is 17.5 Å². The Labute approximate surface area is 180 Å². The van der Waals surface area contributed by atoms with Gasteiger partial charge >= 0.3 is 0 Å². The molecule has 0 radical (unpaired) electrons. The maximum Gasteiger partial charge on any atom is 0.240 e. The van der Waals surface area contributed by atoms with E-state index in [9.17, 15) is 4.79 Å². The van der Waals surface area contributed by atoms with E-state index in [0.717, 1.165) is 58.3 Å². The van der Waals surface area contributed by atoms with Gasteiger partial charge in [-0.2, -0.15) is 0 Å². The zero-order chi connectivity index (χ0) is 20.2. The minimum atomic E-state index is -0.0589. The van der Waals surface area contributed by atoms with Crippen molar-refractivity contribution < 1.29 is 4.79 Å². The van der Waals surface area contributed by atoms with Crippen molar-refractivity contribution in [1.29, 1.82) is 0 Å². The number of H-pyrrole nitrogens is 1. The smallest absolute Gasteiger partial charge is 0.240 e. The van der Waals surface area contributed by atoms with Gasteiger partial charge in [-0.05, 0) is 36.8 Å². The molecule has 0 aliphatic carbocycles. The van der Waals surface area contributed by atoms with E-state index >= 15 is 0 Å². The summed E-state index contributed by atoms with van der Waals surface area (Å²) >= 11 is 7.56. The molecule has 1 aliphatic rings. The van der Waals surface area contributed by atoms with Crippen molar-refractivity contribution in [3.63, 3.8) is 0 Å².